The Kier molecular flexibility index (Phi) is 4.64. The van der Waals surface area contributed by atoms with Crippen LogP contribution in [-0.2, 0) is 17.0 Å². The minimum absolute atomic E-state index is 0.0533. The predicted molar refractivity (Wildman–Crippen MR) is 77.4 cm³/mol. The number of para-hydroxylation sites is 3. The molecule has 21 heavy (non-hydrogen) atoms. The number of anilines is 1. The number of methoxy groups -OCH3 is 1. The maximum Gasteiger partial charge on any atom is 0.488 e. The van der Waals surface area contributed by atoms with Gasteiger partial charge in [-0.05, 0) is 18.2 Å². The van der Waals surface area contributed by atoms with Crippen LogP contribution in [0.1, 0.15) is 5.56 Å². The van der Waals surface area contributed by atoms with Gasteiger partial charge in [0.1, 0.15) is 11.5 Å². The first-order valence-corrected chi connectivity index (χ1v) is 7.39. The average Bonchev–Trinajstić information content (AvgIpc) is 2.45. The van der Waals surface area contributed by atoms with Gasteiger partial charge < -0.3 is 14.2 Å². The smallest absolute Gasteiger partial charge is 0.488 e. The minimum atomic E-state index is -5.05. The molecule has 0 amide bonds. The summed E-state index contributed by atoms with van der Waals surface area (Å²) in [5.74, 6) is 0.594. The molecule has 0 aliphatic heterocycles. The summed E-state index contributed by atoms with van der Waals surface area (Å²) in [6.07, 6.45) is 0. The second kappa shape index (κ2) is 6.45. The Bertz CT molecular complexity index is 718. The summed E-state index contributed by atoms with van der Waals surface area (Å²) in [6.45, 7) is 0.256. The zero-order valence-electron chi connectivity index (χ0n) is 11.2. The van der Waals surface area contributed by atoms with Crippen molar-refractivity contribution in [2.24, 2.45) is 0 Å². The molecule has 0 aliphatic carbocycles. The van der Waals surface area contributed by atoms with Crippen LogP contribution in [0, 0.1) is 0 Å². The van der Waals surface area contributed by atoms with Crippen molar-refractivity contribution in [2.45, 2.75) is 6.54 Å². The van der Waals surface area contributed by atoms with Crippen LogP contribution >= 0.6 is 0 Å². The lowest BCUT2D eigenvalue weighted by Gasteiger charge is -2.12. The van der Waals surface area contributed by atoms with E-state index in [2.05, 4.69) is 9.50 Å². The van der Waals surface area contributed by atoms with Crippen LogP contribution in [0.2, 0.25) is 0 Å². The van der Waals surface area contributed by atoms with Gasteiger partial charge in [0.2, 0.25) is 0 Å². The Labute approximate surface area is 122 Å². The van der Waals surface area contributed by atoms with Gasteiger partial charge >= 0.3 is 10.5 Å². The van der Waals surface area contributed by atoms with Crippen molar-refractivity contribution in [3.05, 3.63) is 54.1 Å². The van der Waals surface area contributed by atoms with Crippen molar-refractivity contribution < 1.29 is 21.2 Å². The van der Waals surface area contributed by atoms with E-state index >= 15 is 0 Å². The van der Waals surface area contributed by atoms with Crippen LogP contribution in [0.25, 0.3) is 0 Å². The maximum absolute atomic E-state index is 12.6. The van der Waals surface area contributed by atoms with Crippen molar-refractivity contribution >= 4 is 16.2 Å². The number of ether oxygens (including phenoxy) is 1. The van der Waals surface area contributed by atoms with Gasteiger partial charge in [-0.25, -0.2) is 0 Å². The molecule has 0 spiro atoms. The van der Waals surface area contributed by atoms with Crippen LogP contribution in [0.15, 0.2) is 48.5 Å². The first-order chi connectivity index (χ1) is 9.99. The first-order valence-electron chi connectivity index (χ1n) is 6.08. The minimum Gasteiger partial charge on any atom is -0.495 e. The van der Waals surface area contributed by atoms with Gasteiger partial charge in [0.25, 0.3) is 0 Å². The number of hydrogen-bond acceptors (Lipinski definition) is 5. The maximum atomic E-state index is 12.6. The molecule has 5 nitrogen and oxygen atoms in total. The van der Waals surface area contributed by atoms with E-state index in [1.165, 1.54) is 6.07 Å². The van der Waals surface area contributed by atoms with Crippen molar-refractivity contribution in [1.29, 1.82) is 0 Å². The van der Waals surface area contributed by atoms with E-state index in [4.69, 9.17) is 4.74 Å². The van der Waals surface area contributed by atoms with Gasteiger partial charge in [-0.2, -0.15) is 8.42 Å². The summed E-state index contributed by atoms with van der Waals surface area (Å²) in [7, 11) is -3.50. The highest BCUT2D eigenvalue weighted by atomic mass is 32.3. The largest absolute Gasteiger partial charge is 0.495 e. The molecule has 1 N–H and O–H groups in total. The summed E-state index contributed by atoms with van der Waals surface area (Å²) < 4.78 is 43.3. The van der Waals surface area contributed by atoms with E-state index in [1.54, 1.807) is 31.4 Å². The van der Waals surface area contributed by atoms with E-state index in [9.17, 15) is 12.3 Å². The lowest BCUT2D eigenvalue weighted by molar-refractivity contribution is 0.416. The molecule has 0 fully saturated rings. The quantitative estimate of drug-likeness (QED) is 0.831. The summed E-state index contributed by atoms with van der Waals surface area (Å²) in [4.78, 5) is 0. The third kappa shape index (κ3) is 4.35. The molecule has 0 aliphatic rings. The molecule has 0 radical (unpaired) electrons. The van der Waals surface area contributed by atoms with Crippen LogP contribution in [0.3, 0.4) is 0 Å². The Hall–Kier alpha value is -2.28. The molecular formula is C14H14FNO4S. The van der Waals surface area contributed by atoms with Crippen LogP contribution < -0.4 is 14.2 Å². The molecule has 0 bridgehead atoms. The SMILES string of the molecule is COc1ccccc1NCc1ccccc1OS(=O)(=O)F. The number of halogens is 1. The molecule has 0 saturated heterocycles. The average molecular weight is 311 g/mol. The van der Waals surface area contributed by atoms with Crippen LogP contribution in [0.5, 0.6) is 11.5 Å². The molecule has 0 aromatic heterocycles. The molecule has 0 atom stereocenters. The summed E-state index contributed by atoms with van der Waals surface area (Å²) in [5.41, 5.74) is 1.24. The zero-order chi connectivity index (χ0) is 15.3. The fourth-order valence-corrected chi connectivity index (χ4v) is 2.20. The second-order valence-corrected chi connectivity index (χ2v) is 5.09. The fourth-order valence-electron chi connectivity index (χ4n) is 1.82. The molecule has 0 heterocycles. The lowest BCUT2D eigenvalue weighted by atomic mass is 10.2. The third-order valence-electron chi connectivity index (χ3n) is 2.74. The van der Waals surface area contributed by atoms with E-state index in [0.29, 0.717) is 11.3 Å². The molecule has 2 aromatic rings. The standard InChI is InChI=1S/C14H14FNO4S/c1-19-14-9-5-3-7-12(14)16-10-11-6-2-4-8-13(11)20-21(15,17)18/h2-9,16H,10H2,1H3. The monoisotopic (exact) mass is 311 g/mol. The summed E-state index contributed by atoms with van der Waals surface area (Å²) in [5, 5.41) is 3.08. The van der Waals surface area contributed by atoms with E-state index < -0.39 is 10.5 Å². The highest BCUT2D eigenvalue weighted by Crippen LogP contribution is 2.26. The number of rotatable bonds is 6. The van der Waals surface area contributed by atoms with Gasteiger partial charge in [-0.3, -0.25) is 0 Å². The summed E-state index contributed by atoms with van der Waals surface area (Å²) >= 11 is 0. The predicted octanol–water partition coefficient (Wildman–Crippen LogP) is 2.90. The Balaban J connectivity index is 2.17. The van der Waals surface area contributed by atoms with Gasteiger partial charge in [0.05, 0.1) is 12.8 Å². The van der Waals surface area contributed by atoms with E-state index in [-0.39, 0.29) is 12.3 Å². The van der Waals surface area contributed by atoms with Gasteiger partial charge in [0, 0.05) is 12.1 Å². The molecule has 2 aromatic carbocycles. The fraction of sp³-hybridized carbons (Fsp3) is 0.143. The molecule has 112 valence electrons. The van der Waals surface area contributed by atoms with Crippen molar-refractivity contribution in [1.82, 2.24) is 0 Å². The Morgan fingerprint density at radius 1 is 1.05 bits per heavy atom. The highest BCUT2D eigenvalue weighted by Gasteiger charge is 2.13. The van der Waals surface area contributed by atoms with Gasteiger partial charge in [0.15, 0.2) is 0 Å². The van der Waals surface area contributed by atoms with Crippen molar-refractivity contribution in [3.63, 3.8) is 0 Å². The third-order valence-corrected chi connectivity index (χ3v) is 3.12. The topological polar surface area (TPSA) is 64.6 Å². The van der Waals surface area contributed by atoms with Crippen molar-refractivity contribution in [3.8, 4) is 11.5 Å². The molecule has 0 unspecified atom stereocenters. The number of benzene rings is 2. The van der Waals surface area contributed by atoms with Crippen molar-refractivity contribution in [2.75, 3.05) is 12.4 Å². The Morgan fingerprint density at radius 2 is 1.67 bits per heavy atom. The molecule has 0 saturated carbocycles. The number of hydrogen-bond donors (Lipinski definition) is 1. The van der Waals surface area contributed by atoms with E-state index in [0.717, 1.165) is 5.69 Å². The summed E-state index contributed by atoms with van der Waals surface area (Å²) in [6, 6.07) is 13.6. The van der Waals surface area contributed by atoms with Gasteiger partial charge in [-0.1, -0.05) is 34.2 Å². The van der Waals surface area contributed by atoms with Crippen LogP contribution in [0.4, 0.5) is 9.57 Å². The highest BCUT2D eigenvalue weighted by molar-refractivity contribution is 7.81. The normalized spacial score (nSPS) is 11.0. The Morgan fingerprint density at radius 3 is 2.33 bits per heavy atom. The lowest BCUT2D eigenvalue weighted by Crippen LogP contribution is -2.07. The zero-order valence-corrected chi connectivity index (χ0v) is 12.1. The van der Waals surface area contributed by atoms with E-state index in [1.807, 2.05) is 18.2 Å². The van der Waals surface area contributed by atoms with Crippen LogP contribution in [-0.4, -0.2) is 15.5 Å². The molecular weight excluding hydrogens is 297 g/mol. The first kappa shape index (κ1) is 15.1. The number of nitrogens with one attached hydrogen (secondary N) is 1. The molecule has 2 rings (SSSR count). The second-order valence-electron chi connectivity index (χ2n) is 4.14. The molecule has 7 heteroatoms. The van der Waals surface area contributed by atoms with Gasteiger partial charge in [-0.15, -0.1) is 0 Å².